The first-order valence-electron chi connectivity index (χ1n) is 10.8. The van der Waals surface area contributed by atoms with Crippen molar-refractivity contribution in [3.63, 3.8) is 0 Å². The summed E-state index contributed by atoms with van der Waals surface area (Å²) in [6.45, 7) is 2.28. The first-order chi connectivity index (χ1) is 15.6. The largest absolute Gasteiger partial charge is 0.495 e. The van der Waals surface area contributed by atoms with Crippen LogP contribution in [0, 0.1) is 6.92 Å². The fourth-order valence-corrected chi connectivity index (χ4v) is 4.57. The van der Waals surface area contributed by atoms with E-state index >= 15 is 0 Å². The van der Waals surface area contributed by atoms with E-state index in [1.165, 1.54) is 30.2 Å². The zero-order chi connectivity index (χ0) is 22.3. The summed E-state index contributed by atoms with van der Waals surface area (Å²) in [4.78, 5) is 12.4. The maximum Gasteiger partial charge on any atom is 0.230 e. The van der Waals surface area contributed by atoms with Gasteiger partial charge in [0.15, 0.2) is 11.0 Å². The molecule has 1 amide bonds. The minimum atomic E-state index is 0.0222. The standard InChI is InChI=1S/C24H28N4O3S/c1-17-11-13-19(14-12-17)31-15-22-26-27-24(28(22)20-9-5-6-10-21(20)30-2)32-16-23(29)25-18-7-3-4-8-18/h5-6,9-14,18H,3-4,7-8,15-16H2,1-2H3,(H,25,29). The summed E-state index contributed by atoms with van der Waals surface area (Å²) in [7, 11) is 1.63. The Bertz CT molecular complexity index is 1050. The average Bonchev–Trinajstić information content (AvgIpc) is 3.47. The fourth-order valence-electron chi connectivity index (χ4n) is 3.80. The molecular formula is C24H28N4O3S. The molecule has 32 heavy (non-hydrogen) atoms. The molecule has 1 saturated carbocycles. The zero-order valence-electron chi connectivity index (χ0n) is 18.4. The summed E-state index contributed by atoms with van der Waals surface area (Å²) in [5, 5.41) is 12.5. The molecule has 0 saturated heterocycles. The van der Waals surface area contributed by atoms with Crippen molar-refractivity contribution in [2.45, 2.75) is 50.4 Å². The average molecular weight is 453 g/mol. The van der Waals surface area contributed by atoms with Gasteiger partial charge in [0, 0.05) is 6.04 Å². The van der Waals surface area contributed by atoms with Crippen LogP contribution in [0.25, 0.3) is 5.69 Å². The van der Waals surface area contributed by atoms with E-state index in [2.05, 4.69) is 15.5 Å². The molecule has 1 aromatic heterocycles. The van der Waals surface area contributed by atoms with Crippen LogP contribution in [0.3, 0.4) is 0 Å². The Balaban J connectivity index is 1.53. The molecule has 1 aliphatic rings. The third kappa shape index (κ3) is 5.43. The number of aromatic nitrogens is 3. The van der Waals surface area contributed by atoms with Crippen LogP contribution in [-0.2, 0) is 11.4 Å². The zero-order valence-corrected chi connectivity index (χ0v) is 19.2. The lowest BCUT2D eigenvalue weighted by Gasteiger charge is -2.15. The molecule has 0 unspecified atom stereocenters. The lowest BCUT2D eigenvalue weighted by molar-refractivity contribution is -0.119. The molecule has 0 bridgehead atoms. The van der Waals surface area contributed by atoms with Crippen LogP contribution in [0.4, 0.5) is 0 Å². The van der Waals surface area contributed by atoms with Gasteiger partial charge in [-0.3, -0.25) is 9.36 Å². The van der Waals surface area contributed by atoms with Crippen LogP contribution in [-0.4, -0.2) is 39.6 Å². The maximum absolute atomic E-state index is 12.4. The number of ether oxygens (including phenoxy) is 2. The lowest BCUT2D eigenvalue weighted by Crippen LogP contribution is -2.33. The summed E-state index contributed by atoms with van der Waals surface area (Å²) >= 11 is 1.36. The van der Waals surface area contributed by atoms with Crippen molar-refractivity contribution in [1.29, 1.82) is 0 Å². The molecule has 3 aromatic rings. The van der Waals surface area contributed by atoms with E-state index in [1.807, 2.05) is 60.0 Å². The lowest BCUT2D eigenvalue weighted by atomic mass is 10.2. The van der Waals surface area contributed by atoms with Crippen molar-refractivity contribution in [1.82, 2.24) is 20.1 Å². The number of thioether (sulfide) groups is 1. The van der Waals surface area contributed by atoms with Gasteiger partial charge in [0.2, 0.25) is 5.91 Å². The Morgan fingerprint density at radius 3 is 2.62 bits per heavy atom. The predicted octanol–water partition coefficient (Wildman–Crippen LogP) is 4.31. The van der Waals surface area contributed by atoms with Crippen LogP contribution in [0.1, 0.15) is 37.1 Å². The molecule has 0 radical (unpaired) electrons. The molecular weight excluding hydrogens is 424 g/mol. The Morgan fingerprint density at radius 2 is 1.88 bits per heavy atom. The van der Waals surface area contributed by atoms with Crippen LogP contribution in [0.2, 0.25) is 0 Å². The van der Waals surface area contributed by atoms with Gasteiger partial charge < -0.3 is 14.8 Å². The third-order valence-electron chi connectivity index (χ3n) is 5.47. The normalized spacial score (nSPS) is 13.8. The Kier molecular flexibility index (Phi) is 7.32. The second-order valence-electron chi connectivity index (χ2n) is 7.85. The van der Waals surface area contributed by atoms with Crippen molar-refractivity contribution >= 4 is 17.7 Å². The summed E-state index contributed by atoms with van der Waals surface area (Å²) in [6.07, 6.45) is 4.50. The van der Waals surface area contributed by atoms with Crippen molar-refractivity contribution in [2.24, 2.45) is 0 Å². The highest BCUT2D eigenvalue weighted by atomic mass is 32.2. The van der Waals surface area contributed by atoms with Crippen molar-refractivity contribution in [3.8, 4) is 17.2 Å². The Morgan fingerprint density at radius 1 is 1.12 bits per heavy atom. The molecule has 0 aliphatic heterocycles. The summed E-state index contributed by atoms with van der Waals surface area (Å²) in [5.74, 6) is 2.39. The number of methoxy groups -OCH3 is 1. The highest BCUT2D eigenvalue weighted by molar-refractivity contribution is 7.99. The number of rotatable bonds is 9. The summed E-state index contributed by atoms with van der Waals surface area (Å²) in [5.41, 5.74) is 1.98. The number of benzene rings is 2. The molecule has 0 atom stereocenters. The first-order valence-corrected chi connectivity index (χ1v) is 11.8. The topological polar surface area (TPSA) is 78.3 Å². The second kappa shape index (κ2) is 10.5. The Hall–Kier alpha value is -3.00. The molecule has 168 valence electrons. The van der Waals surface area contributed by atoms with Gasteiger partial charge in [-0.15, -0.1) is 10.2 Å². The van der Waals surface area contributed by atoms with Gasteiger partial charge in [0.1, 0.15) is 18.1 Å². The van der Waals surface area contributed by atoms with E-state index in [1.54, 1.807) is 7.11 Å². The van der Waals surface area contributed by atoms with E-state index < -0.39 is 0 Å². The van der Waals surface area contributed by atoms with Crippen molar-refractivity contribution in [2.75, 3.05) is 12.9 Å². The van der Waals surface area contributed by atoms with E-state index in [-0.39, 0.29) is 18.3 Å². The number of carbonyl (C=O) groups is 1. The number of carbonyl (C=O) groups excluding carboxylic acids is 1. The number of amides is 1. The summed E-state index contributed by atoms with van der Waals surface area (Å²) < 4.78 is 13.4. The Labute approximate surface area is 192 Å². The molecule has 1 aliphatic carbocycles. The number of hydrogen-bond donors (Lipinski definition) is 1. The number of nitrogens with zero attached hydrogens (tertiary/aromatic N) is 3. The van der Waals surface area contributed by atoms with Gasteiger partial charge in [-0.25, -0.2) is 0 Å². The maximum atomic E-state index is 12.4. The molecule has 1 heterocycles. The fraction of sp³-hybridized carbons (Fsp3) is 0.375. The number of aryl methyl sites for hydroxylation is 1. The molecule has 1 N–H and O–H groups in total. The van der Waals surface area contributed by atoms with Gasteiger partial charge >= 0.3 is 0 Å². The van der Waals surface area contributed by atoms with E-state index in [4.69, 9.17) is 9.47 Å². The highest BCUT2D eigenvalue weighted by Gasteiger charge is 2.21. The smallest absolute Gasteiger partial charge is 0.230 e. The minimum absolute atomic E-state index is 0.0222. The quantitative estimate of drug-likeness (QED) is 0.488. The predicted molar refractivity (Wildman–Crippen MR) is 125 cm³/mol. The third-order valence-corrected chi connectivity index (χ3v) is 6.40. The van der Waals surface area contributed by atoms with Crippen LogP contribution in [0.15, 0.2) is 53.7 Å². The summed E-state index contributed by atoms with van der Waals surface area (Å²) in [6, 6.07) is 15.9. The van der Waals surface area contributed by atoms with Crippen LogP contribution in [0.5, 0.6) is 11.5 Å². The highest BCUT2D eigenvalue weighted by Crippen LogP contribution is 2.29. The molecule has 4 rings (SSSR count). The molecule has 1 fully saturated rings. The van der Waals surface area contributed by atoms with Gasteiger partial charge in [-0.1, -0.05) is 54.4 Å². The van der Waals surface area contributed by atoms with E-state index in [0.717, 1.165) is 24.3 Å². The molecule has 0 spiro atoms. The first kappa shape index (κ1) is 22.2. The van der Waals surface area contributed by atoms with Gasteiger partial charge in [-0.2, -0.15) is 0 Å². The number of hydrogen-bond acceptors (Lipinski definition) is 6. The van der Waals surface area contributed by atoms with E-state index in [9.17, 15) is 4.79 Å². The molecule has 7 nitrogen and oxygen atoms in total. The van der Waals surface area contributed by atoms with E-state index in [0.29, 0.717) is 22.8 Å². The van der Waals surface area contributed by atoms with Crippen LogP contribution < -0.4 is 14.8 Å². The SMILES string of the molecule is COc1ccccc1-n1c(COc2ccc(C)cc2)nnc1SCC(=O)NC1CCCC1. The monoisotopic (exact) mass is 452 g/mol. The minimum Gasteiger partial charge on any atom is -0.495 e. The number of para-hydroxylation sites is 2. The molecule has 8 heteroatoms. The van der Waals surface area contributed by atoms with Gasteiger partial charge in [0.05, 0.1) is 18.6 Å². The van der Waals surface area contributed by atoms with Crippen LogP contribution >= 0.6 is 11.8 Å². The molecule has 2 aromatic carbocycles. The van der Waals surface area contributed by atoms with Gasteiger partial charge in [0.25, 0.3) is 0 Å². The van der Waals surface area contributed by atoms with Crippen molar-refractivity contribution < 1.29 is 14.3 Å². The number of nitrogens with one attached hydrogen (secondary N) is 1. The second-order valence-corrected chi connectivity index (χ2v) is 8.79. The van der Waals surface area contributed by atoms with Crippen molar-refractivity contribution in [3.05, 3.63) is 59.9 Å². The van der Waals surface area contributed by atoms with Gasteiger partial charge in [-0.05, 0) is 44.0 Å².